The van der Waals surface area contributed by atoms with E-state index in [1.807, 2.05) is 0 Å². The second-order valence-corrected chi connectivity index (χ2v) is 9.17. The summed E-state index contributed by atoms with van der Waals surface area (Å²) >= 11 is 1.17. The van der Waals surface area contributed by atoms with Crippen LogP contribution < -0.4 is 10.6 Å². The Morgan fingerprint density at radius 1 is 0.875 bits per heavy atom. The van der Waals surface area contributed by atoms with E-state index in [1.165, 1.54) is 11.3 Å². The molecule has 0 bridgehead atoms. The fourth-order valence-corrected chi connectivity index (χ4v) is 6.52. The zero-order valence-corrected chi connectivity index (χ0v) is 17.6. The summed E-state index contributed by atoms with van der Waals surface area (Å²) in [7, 11) is 0. The van der Waals surface area contributed by atoms with Crippen LogP contribution in [0.3, 0.4) is 0 Å². The Morgan fingerprint density at radius 3 is 2.12 bits per heavy atom. The van der Waals surface area contributed by atoms with Crippen LogP contribution in [0.15, 0.2) is 22.7 Å². The summed E-state index contributed by atoms with van der Waals surface area (Å²) in [5.41, 5.74) is -0.171. The van der Waals surface area contributed by atoms with E-state index in [4.69, 9.17) is 5.73 Å². The number of fused-ring (bicyclic) bond motifs is 1. The number of allylic oxidation sites excluding steroid dienone is 3. The lowest BCUT2D eigenvalue weighted by Crippen LogP contribution is -2.56. The second-order valence-electron chi connectivity index (χ2n) is 8.09. The SMILES string of the molecule is N#CC1=C(N)N(c2sc3c(c2C#N)CCCCC3)C2=C(CCC2)C1(C(F)(F)F)C(F)(F)F. The number of thiophene rings is 1. The summed E-state index contributed by atoms with van der Waals surface area (Å²) in [5.74, 6) is -0.907. The number of hydrogen-bond acceptors (Lipinski definition) is 5. The third-order valence-electron chi connectivity index (χ3n) is 6.46. The third-order valence-corrected chi connectivity index (χ3v) is 7.74. The van der Waals surface area contributed by atoms with Gasteiger partial charge in [-0.1, -0.05) is 6.42 Å². The van der Waals surface area contributed by atoms with Crippen molar-refractivity contribution >= 4 is 16.3 Å². The molecule has 1 aliphatic heterocycles. The average Bonchev–Trinajstić information content (AvgIpc) is 3.23. The maximum absolute atomic E-state index is 14.2. The molecule has 0 radical (unpaired) electrons. The van der Waals surface area contributed by atoms with Gasteiger partial charge >= 0.3 is 12.4 Å². The van der Waals surface area contributed by atoms with Gasteiger partial charge in [0.2, 0.25) is 5.41 Å². The van der Waals surface area contributed by atoms with E-state index in [1.54, 1.807) is 0 Å². The van der Waals surface area contributed by atoms with Crippen LogP contribution in [0.25, 0.3) is 0 Å². The van der Waals surface area contributed by atoms with Crippen molar-refractivity contribution in [1.29, 1.82) is 10.5 Å². The number of hydrogen-bond donors (Lipinski definition) is 1. The van der Waals surface area contributed by atoms with E-state index >= 15 is 0 Å². The Bertz CT molecular complexity index is 1100. The van der Waals surface area contributed by atoms with Gasteiger partial charge in [-0.05, 0) is 56.1 Å². The van der Waals surface area contributed by atoms with Gasteiger partial charge in [-0.25, -0.2) is 0 Å². The van der Waals surface area contributed by atoms with Gasteiger partial charge in [0.1, 0.15) is 23.0 Å². The summed E-state index contributed by atoms with van der Waals surface area (Å²) in [4.78, 5) is 2.01. The van der Waals surface area contributed by atoms with Crippen molar-refractivity contribution in [3.8, 4) is 12.1 Å². The number of rotatable bonds is 1. The molecular formula is C21H18F6N4S. The Kier molecular flexibility index (Phi) is 5.24. The van der Waals surface area contributed by atoms with Gasteiger partial charge in [-0.3, -0.25) is 4.90 Å². The molecule has 0 spiro atoms. The number of nitriles is 2. The molecule has 2 N–H and O–H groups in total. The Balaban J connectivity index is 2.03. The number of nitrogens with zero attached hydrogens (tertiary/aromatic N) is 3. The molecular weight excluding hydrogens is 454 g/mol. The first-order valence-electron chi connectivity index (χ1n) is 10.1. The Hall–Kier alpha value is -2.66. The highest BCUT2D eigenvalue weighted by Crippen LogP contribution is 2.65. The molecule has 2 heterocycles. The van der Waals surface area contributed by atoms with Crippen molar-refractivity contribution in [2.45, 2.75) is 63.7 Å². The van der Waals surface area contributed by atoms with E-state index < -0.39 is 41.2 Å². The van der Waals surface area contributed by atoms with Crippen molar-refractivity contribution in [3.05, 3.63) is 38.7 Å². The molecule has 3 aliphatic rings. The van der Waals surface area contributed by atoms with Gasteiger partial charge in [0.05, 0.1) is 11.1 Å². The molecule has 0 fully saturated rings. The van der Waals surface area contributed by atoms with Crippen LogP contribution in [0, 0.1) is 28.1 Å². The maximum Gasteiger partial charge on any atom is 0.411 e. The fourth-order valence-electron chi connectivity index (χ4n) is 5.14. The summed E-state index contributed by atoms with van der Waals surface area (Å²) < 4.78 is 85.1. The second kappa shape index (κ2) is 7.45. The summed E-state index contributed by atoms with van der Waals surface area (Å²) in [6.45, 7) is 0. The molecule has 2 aliphatic carbocycles. The minimum absolute atomic E-state index is 0.0594. The van der Waals surface area contributed by atoms with Crippen molar-refractivity contribution in [2.75, 3.05) is 4.90 Å². The zero-order chi connectivity index (χ0) is 23.5. The van der Waals surface area contributed by atoms with E-state index in [0.717, 1.165) is 40.7 Å². The first-order chi connectivity index (χ1) is 15.0. The summed E-state index contributed by atoms with van der Waals surface area (Å²) in [6.07, 6.45) is -8.08. The number of anilines is 1. The standard InChI is InChI=1S/C21H18F6N4S/c22-20(23,24)19(21(25,26)27)13-6-4-7-15(13)31(17(30)14(19)10-29)18-12(9-28)11-5-2-1-3-8-16(11)32-18/h1-8,30H2. The smallest absolute Gasteiger partial charge is 0.384 e. The van der Waals surface area contributed by atoms with Crippen molar-refractivity contribution < 1.29 is 26.3 Å². The summed E-state index contributed by atoms with van der Waals surface area (Å²) in [5, 5.41) is 19.6. The molecule has 1 aromatic heterocycles. The van der Waals surface area contributed by atoms with Crippen LogP contribution >= 0.6 is 11.3 Å². The van der Waals surface area contributed by atoms with Gasteiger partial charge in [0.15, 0.2) is 0 Å². The highest BCUT2D eigenvalue weighted by Gasteiger charge is 2.77. The van der Waals surface area contributed by atoms with Crippen LogP contribution in [0.2, 0.25) is 0 Å². The van der Waals surface area contributed by atoms with Crippen LogP contribution in [-0.4, -0.2) is 12.4 Å². The van der Waals surface area contributed by atoms with E-state index in [9.17, 15) is 36.9 Å². The molecule has 0 amide bonds. The zero-order valence-electron chi connectivity index (χ0n) is 16.8. The molecule has 11 heteroatoms. The van der Waals surface area contributed by atoms with Gasteiger partial charge in [0.25, 0.3) is 0 Å². The molecule has 4 rings (SSSR count). The quantitative estimate of drug-likeness (QED) is 0.405. The van der Waals surface area contributed by atoms with Gasteiger partial charge in [0, 0.05) is 10.6 Å². The molecule has 0 atom stereocenters. The van der Waals surface area contributed by atoms with Crippen molar-refractivity contribution in [2.24, 2.45) is 11.1 Å². The van der Waals surface area contributed by atoms with Gasteiger partial charge in [-0.15, -0.1) is 11.3 Å². The molecule has 170 valence electrons. The van der Waals surface area contributed by atoms with Crippen molar-refractivity contribution in [3.63, 3.8) is 0 Å². The van der Waals surface area contributed by atoms with E-state index in [2.05, 4.69) is 6.07 Å². The highest BCUT2D eigenvalue weighted by molar-refractivity contribution is 7.16. The monoisotopic (exact) mass is 472 g/mol. The minimum atomic E-state index is -5.80. The lowest BCUT2D eigenvalue weighted by atomic mass is 9.69. The number of halogens is 6. The van der Waals surface area contributed by atoms with Crippen molar-refractivity contribution in [1.82, 2.24) is 0 Å². The predicted molar refractivity (Wildman–Crippen MR) is 105 cm³/mol. The lowest BCUT2D eigenvalue weighted by Gasteiger charge is -2.44. The van der Waals surface area contributed by atoms with Crippen LogP contribution in [0.1, 0.15) is 54.5 Å². The number of nitrogens with two attached hydrogens (primary N) is 1. The Morgan fingerprint density at radius 2 is 1.53 bits per heavy atom. The van der Waals surface area contributed by atoms with E-state index in [0.29, 0.717) is 12.8 Å². The third kappa shape index (κ3) is 2.87. The van der Waals surface area contributed by atoms with Crippen LogP contribution in [0.5, 0.6) is 0 Å². The first-order valence-corrected chi connectivity index (χ1v) is 10.9. The fraction of sp³-hybridized carbons (Fsp3) is 0.524. The molecule has 32 heavy (non-hydrogen) atoms. The molecule has 0 saturated heterocycles. The lowest BCUT2D eigenvalue weighted by molar-refractivity contribution is -0.310. The molecule has 4 nitrogen and oxygen atoms in total. The minimum Gasteiger partial charge on any atom is -0.384 e. The van der Waals surface area contributed by atoms with E-state index in [-0.39, 0.29) is 29.1 Å². The predicted octanol–water partition coefficient (Wildman–Crippen LogP) is 5.95. The first kappa shape index (κ1) is 22.5. The van der Waals surface area contributed by atoms with Gasteiger partial charge < -0.3 is 5.73 Å². The highest BCUT2D eigenvalue weighted by atomic mass is 32.1. The normalized spacial score (nSPS) is 21.1. The molecule has 0 saturated carbocycles. The van der Waals surface area contributed by atoms with Crippen LogP contribution in [0.4, 0.5) is 31.3 Å². The van der Waals surface area contributed by atoms with Gasteiger partial charge in [-0.2, -0.15) is 36.9 Å². The maximum atomic E-state index is 14.2. The summed E-state index contributed by atoms with van der Waals surface area (Å²) in [6, 6.07) is 3.22. The van der Waals surface area contributed by atoms with Crippen LogP contribution in [-0.2, 0) is 12.8 Å². The largest absolute Gasteiger partial charge is 0.411 e. The topological polar surface area (TPSA) is 76.8 Å². The molecule has 0 aromatic carbocycles. The number of aryl methyl sites for hydroxylation is 1. The molecule has 1 aromatic rings. The average molecular weight is 472 g/mol. The molecule has 0 unspecified atom stereocenters. The Labute approximate surface area is 184 Å². The number of alkyl halides is 6.